The minimum absolute atomic E-state index is 0.193. The topological polar surface area (TPSA) is 66.5 Å². The van der Waals surface area contributed by atoms with E-state index >= 15 is 0 Å². The van der Waals surface area contributed by atoms with Gasteiger partial charge in [-0.05, 0) is 29.8 Å². The first kappa shape index (κ1) is 23.7. The molecule has 5 nitrogen and oxygen atoms in total. The fourth-order valence-corrected chi connectivity index (χ4v) is 3.51. The van der Waals surface area contributed by atoms with Crippen LogP contribution in [0.25, 0.3) is 0 Å². The number of nitrogens with zero attached hydrogens (tertiary/aromatic N) is 1. The summed E-state index contributed by atoms with van der Waals surface area (Å²) in [5.41, 5.74) is -2.31. The Bertz CT molecular complexity index is 1020. The summed E-state index contributed by atoms with van der Waals surface area (Å²) >= 11 is 0. The molecule has 0 radical (unpaired) electrons. The van der Waals surface area contributed by atoms with Crippen molar-refractivity contribution in [3.63, 3.8) is 0 Å². The molecule has 0 heterocycles. The van der Waals surface area contributed by atoms with Crippen LogP contribution < -0.4 is 4.72 Å². The van der Waals surface area contributed by atoms with E-state index in [9.17, 15) is 39.6 Å². The Balaban J connectivity index is 2.09. The molecule has 2 rings (SSSR count). The number of carbonyl (C=O) groups is 1. The third-order valence-corrected chi connectivity index (χ3v) is 5.44. The van der Waals surface area contributed by atoms with Crippen LogP contribution in [0.2, 0.25) is 0 Å². The Morgan fingerprint density at radius 1 is 0.967 bits per heavy atom. The van der Waals surface area contributed by atoms with Crippen LogP contribution in [0.1, 0.15) is 16.7 Å². The molecule has 0 atom stereocenters. The molecule has 0 saturated carbocycles. The zero-order chi connectivity index (χ0) is 22.7. The summed E-state index contributed by atoms with van der Waals surface area (Å²) in [6.07, 6.45) is -9.39. The van der Waals surface area contributed by atoms with Gasteiger partial charge in [-0.15, -0.1) is 0 Å². The third kappa shape index (κ3) is 5.95. The number of amides is 1. The van der Waals surface area contributed by atoms with Crippen LogP contribution >= 0.6 is 0 Å². The van der Waals surface area contributed by atoms with Gasteiger partial charge in [-0.2, -0.15) is 26.3 Å². The second-order valence-corrected chi connectivity index (χ2v) is 8.02. The summed E-state index contributed by atoms with van der Waals surface area (Å²) in [6, 6.07) is 7.51. The quantitative estimate of drug-likeness (QED) is 0.678. The first-order chi connectivity index (χ1) is 13.7. The lowest BCUT2D eigenvalue weighted by molar-refractivity contribution is -0.139. The number of hydrogen-bond donors (Lipinski definition) is 1. The third-order valence-electron chi connectivity index (χ3n) is 4.04. The number of alkyl halides is 6. The van der Waals surface area contributed by atoms with Gasteiger partial charge in [0.15, 0.2) is 0 Å². The van der Waals surface area contributed by atoms with Gasteiger partial charge in [-0.3, -0.25) is 4.79 Å². The van der Waals surface area contributed by atoms with Gasteiger partial charge >= 0.3 is 12.4 Å². The summed E-state index contributed by atoms with van der Waals surface area (Å²) in [5.74, 6) is -0.873. The SMILES string of the molecule is CN(Cc1ccccc1C(F)(F)F)C(=O)CNS(=O)(=O)c1cccc(C(F)(F)F)c1. The molecule has 0 spiro atoms. The van der Waals surface area contributed by atoms with Crippen molar-refractivity contribution in [2.45, 2.75) is 23.8 Å². The molecule has 164 valence electrons. The lowest BCUT2D eigenvalue weighted by Gasteiger charge is -2.20. The average Bonchev–Trinajstić information content (AvgIpc) is 2.65. The molecule has 2 aromatic rings. The molecule has 12 heteroatoms. The summed E-state index contributed by atoms with van der Waals surface area (Å²) in [5, 5.41) is 0. The second kappa shape index (κ2) is 8.64. The lowest BCUT2D eigenvalue weighted by Crippen LogP contribution is -2.38. The highest BCUT2D eigenvalue weighted by Gasteiger charge is 2.34. The Morgan fingerprint density at radius 3 is 2.20 bits per heavy atom. The van der Waals surface area contributed by atoms with E-state index in [1.807, 2.05) is 4.72 Å². The summed E-state index contributed by atoms with van der Waals surface area (Å²) in [7, 11) is -3.28. The van der Waals surface area contributed by atoms with Crippen molar-refractivity contribution in [3.05, 3.63) is 65.2 Å². The van der Waals surface area contributed by atoms with Crippen LogP contribution in [0.5, 0.6) is 0 Å². The van der Waals surface area contributed by atoms with Crippen molar-refractivity contribution in [3.8, 4) is 0 Å². The van der Waals surface area contributed by atoms with Crippen LogP contribution in [-0.2, 0) is 33.7 Å². The Hall–Kier alpha value is -2.60. The summed E-state index contributed by atoms with van der Waals surface area (Å²) < 4.78 is 104. The predicted octanol–water partition coefficient (Wildman–Crippen LogP) is 3.66. The van der Waals surface area contributed by atoms with Gasteiger partial charge in [-0.25, -0.2) is 13.1 Å². The number of hydrogen-bond acceptors (Lipinski definition) is 3. The Kier molecular flexibility index (Phi) is 6.82. The summed E-state index contributed by atoms with van der Waals surface area (Å²) in [4.78, 5) is 12.3. The molecule has 0 unspecified atom stereocenters. The molecular weight excluding hydrogens is 438 g/mol. The molecule has 0 aliphatic rings. The highest BCUT2D eigenvalue weighted by molar-refractivity contribution is 7.89. The van der Waals surface area contributed by atoms with E-state index in [1.54, 1.807) is 0 Å². The number of sulfonamides is 1. The predicted molar refractivity (Wildman–Crippen MR) is 94.6 cm³/mol. The zero-order valence-electron chi connectivity index (χ0n) is 15.4. The minimum atomic E-state index is -4.76. The molecule has 0 aromatic heterocycles. The van der Waals surface area contributed by atoms with Crippen molar-refractivity contribution in [2.24, 2.45) is 0 Å². The van der Waals surface area contributed by atoms with Gasteiger partial charge in [0, 0.05) is 13.6 Å². The molecule has 1 amide bonds. The van der Waals surface area contributed by atoms with Crippen LogP contribution in [0.15, 0.2) is 53.4 Å². The lowest BCUT2D eigenvalue weighted by atomic mass is 10.1. The number of nitrogens with one attached hydrogen (secondary N) is 1. The van der Waals surface area contributed by atoms with Crippen molar-refractivity contribution < 1.29 is 39.6 Å². The first-order valence-electron chi connectivity index (χ1n) is 8.28. The van der Waals surface area contributed by atoms with E-state index < -0.39 is 57.4 Å². The molecule has 2 aromatic carbocycles. The second-order valence-electron chi connectivity index (χ2n) is 6.25. The first-order valence-corrected chi connectivity index (χ1v) is 9.76. The van der Waals surface area contributed by atoms with Crippen LogP contribution in [0.3, 0.4) is 0 Å². The van der Waals surface area contributed by atoms with Gasteiger partial charge in [0.05, 0.1) is 22.6 Å². The largest absolute Gasteiger partial charge is 0.416 e. The molecule has 0 fully saturated rings. The zero-order valence-corrected chi connectivity index (χ0v) is 16.2. The van der Waals surface area contributed by atoms with E-state index in [2.05, 4.69) is 0 Å². The number of rotatable bonds is 6. The van der Waals surface area contributed by atoms with Crippen molar-refractivity contribution in [1.82, 2.24) is 9.62 Å². The molecular formula is C18H16F6N2O3S. The number of carbonyl (C=O) groups excluding carboxylic acids is 1. The summed E-state index contributed by atoms with van der Waals surface area (Å²) in [6.45, 7) is -1.29. The standard InChI is InChI=1S/C18H16F6N2O3S/c1-26(11-12-5-2-3-8-15(12)18(22,23)24)16(27)10-25-30(28,29)14-7-4-6-13(9-14)17(19,20)21/h2-9,25H,10-11H2,1H3. The number of halogens is 6. The maximum atomic E-state index is 13.0. The number of benzene rings is 2. The van der Waals surface area contributed by atoms with E-state index in [0.29, 0.717) is 12.1 Å². The van der Waals surface area contributed by atoms with Gasteiger partial charge in [0.25, 0.3) is 0 Å². The monoisotopic (exact) mass is 454 g/mol. The molecule has 30 heavy (non-hydrogen) atoms. The van der Waals surface area contributed by atoms with E-state index in [-0.39, 0.29) is 5.56 Å². The van der Waals surface area contributed by atoms with Gasteiger partial charge < -0.3 is 4.90 Å². The highest BCUT2D eigenvalue weighted by atomic mass is 32.2. The smallest absolute Gasteiger partial charge is 0.340 e. The van der Waals surface area contributed by atoms with Gasteiger partial charge in [-0.1, -0.05) is 24.3 Å². The highest BCUT2D eigenvalue weighted by Crippen LogP contribution is 2.32. The molecule has 0 saturated heterocycles. The normalized spacial score (nSPS) is 12.6. The average molecular weight is 454 g/mol. The van der Waals surface area contributed by atoms with E-state index in [0.717, 1.165) is 23.1 Å². The van der Waals surface area contributed by atoms with Crippen molar-refractivity contribution in [2.75, 3.05) is 13.6 Å². The Morgan fingerprint density at radius 2 is 1.60 bits per heavy atom. The minimum Gasteiger partial charge on any atom is -0.340 e. The van der Waals surface area contributed by atoms with Crippen LogP contribution in [0.4, 0.5) is 26.3 Å². The van der Waals surface area contributed by atoms with Crippen molar-refractivity contribution in [1.29, 1.82) is 0 Å². The Labute approximate surface area is 168 Å². The van der Waals surface area contributed by atoms with Gasteiger partial charge in [0.1, 0.15) is 0 Å². The number of likely N-dealkylation sites (N-methyl/N-ethyl adjacent to an activating group) is 1. The van der Waals surface area contributed by atoms with Gasteiger partial charge in [0.2, 0.25) is 15.9 Å². The maximum absolute atomic E-state index is 13.0. The van der Waals surface area contributed by atoms with E-state index in [4.69, 9.17) is 0 Å². The fraction of sp³-hybridized carbons (Fsp3) is 0.278. The fourth-order valence-electron chi connectivity index (χ4n) is 2.49. The van der Waals surface area contributed by atoms with Crippen LogP contribution in [-0.4, -0.2) is 32.8 Å². The van der Waals surface area contributed by atoms with Crippen LogP contribution in [0, 0.1) is 0 Å². The molecule has 0 aliphatic heterocycles. The van der Waals surface area contributed by atoms with E-state index in [1.165, 1.54) is 25.2 Å². The molecule has 1 N–H and O–H groups in total. The molecule has 0 bridgehead atoms. The molecule has 0 aliphatic carbocycles. The maximum Gasteiger partial charge on any atom is 0.416 e. The van der Waals surface area contributed by atoms with Crippen molar-refractivity contribution >= 4 is 15.9 Å².